The first-order valence-electron chi connectivity index (χ1n) is 8.54. The molecular weight excluding hydrogens is 346 g/mol. The monoisotopic (exact) mass is 371 g/mol. The zero-order valence-electron chi connectivity index (χ0n) is 16.0. The van der Waals surface area contributed by atoms with Gasteiger partial charge in [0, 0.05) is 17.4 Å². The first-order valence-corrected chi connectivity index (χ1v) is 8.54. The Hall–Kier alpha value is -3.22. The summed E-state index contributed by atoms with van der Waals surface area (Å²) in [5.74, 6) is 0.0812. The minimum Gasteiger partial charge on any atom is -0.493 e. The van der Waals surface area contributed by atoms with Gasteiger partial charge < -0.3 is 25.8 Å². The molecule has 144 valence electrons. The molecule has 2 amide bonds. The van der Waals surface area contributed by atoms with Gasteiger partial charge in [0.05, 0.1) is 7.11 Å². The molecule has 2 rings (SSSR count). The normalized spacial score (nSPS) is 11.4. The number of methoxy groups -OCH3 is 1. The number of amides is 2. The van der Waals surface area contributed by atoms with Crippen LogP contribution in [0.25, 0.3) is 0 Å². The minimum atomic E-state index is -0.586. The average molecular weight is 371 g/mol. The summed E-state index contributed by atoms with van der Waals surface area (Å²) in [7, 11) is 1.50. The Labute approximate surface area is 158 Å². The molecule has 0 aromatic heterocycles. The second-order valence-corrected chi connectivity index (χ2v) is 6.24. The van der Waals surface area contributed by atoms with Crippen molar-refractivity contribution in [1.29, 1.82) is 0 Å². The number of benzene rings is 2. The number of carbonyl (C=O) groups is 2. The van der Waals surface area contributed by atoms with Crippen LogP contribution in [-0.4, -0.2) is 31.6 Å². The third kappa shape index (κ3) is 5.37. The minimum absolute atomic E-state index is 0.164. The van der Waals surface area contributed by atoms with Gasteiger partial charge in [0.15, 0.2) is 18.1 Å². The van der Waals surface area contributed by atoms with Gasteiger partial charge in [0.2, 0.25) is 5.91 Å². The van der Waals surface area contributed by atoms with Crippen molar-refractivity contribution >= 4 is 23.2 Å². The number of para-hydroxylation sites is 1. The molecule has 0 aliphatic carbocycles. The highest BCUT2D eigenvalue weighted by atomic mass is 16.5. The van der Waals surface area contributed by atoms with Crippen molar-refractivity contribution in [3.05, 3.63) is 47.5 Å². The topological polar surface area (TPSA) is 103 Å². The fourth-order valence-electron chi connectivity index (χ4n) is 2.59. The molecule has 0 aliphatic heterocycles. The van der Waals surface area contributed by atoms with Gasteiger partial charge in [-0.25, -0.2) is 0 Å². The Morgan fingerprint density at radius 2 is 1.78 bits per heavy atom. The van der Waals surface area contributed by atoms with Crippen LogP contribution in [0.3, 0.4) is 0 Å². The van der Waals surface area contributed by atoms with Crippen LogP contribution in [0.4, 0.5) is 11.4 Å². The number of anilines is 2. The number of hydrogen-bond donors (Lipinski definition) is 3. The van der Waals surface area contributed by atoms with Gasteiger partial charge in [-0.05, 0) is 44.0 Å². The van der Waals surface area contributed by atoms with Gasteiger partial charge in [-0.1, -0.05) is 18.2 Å². The van der Waals surface area contributed by atoms with E-state index in [2.05, 4.69) is 10.6 Å². The van der Waals surface area contributed by atoms with E-state index in [-0.39, 0.29) is 12.5 Å². The largest absolute Gasteiger partial charge is 0.493 e. The van der Waals surface area contributed by atoms with Crippen LogP contribution in [0.1, 0.15) is 18.1 Å². The number of rotatable bonds is 8. The first kappa shape index (κ1) is 20.1. The Balaban J connectivity index is 2.10. The summed E-state index contributed by atoms with van der Waals surface area (Å²) in [6.07, 6.45) is 0. The fourth-order valence-corrected chi connectivity index (χ4v) is 2.59. The third-order valence-corrected chi connectivity index (χ3v) is 4.04. The van der Waals surface area contributed by atoms with E-state index in [1.165, 1.54) is 7.11 Å². The summed E-state index contributed by atoms with van der Waals surface area (Å²) in [6.45, 7) is 5.40. The molecule has 7 heteroatoms. The zero-order valence-corrected chi connectivity index (χ0v) is 16.0. The van der Waals surface area contributed by atoms with Crippen LogP contribution in [0.2, 0.25) is 0 Å². The van der Waals surface area contributed by atoms with Crippen LogP contribution < -0.4 is 25.8 Å². The van der Waals surface area contributed by atoms with Crippen molar-refractivity contribution in [2.24, 2.45) is 5.73 Å². The van der Waals surface area contributed by atoms with Gasteiger partial charge in [0.25, 0.3) is 5.91 Å². The van der Waals surface area contributed by atoms with Crippen LogP contribution in [-0.2, 0) is 9.59 Å². The summed E-state index contributed by atoms with van der Waals surface area (Å²) < 4.78 is 10.6. The molecule has 0 bridgehead atoms. The SMILES string of the molecule is COc1ccc(NC(C)C(=O)Nc2c(C)cccc2C)cc1OCC(N)=O. The molecule has 1 unspecified atom stereocenters. The highest BCUT2D eigenvalue weighted by Crippen LogP contribution is 2.30. The van der Waals surface area contributed by atoms with E-state index in [0.717, 1.165) is 16.8 Å². The zero-order chi connectivity index (χ0) is 20.0. The molecule has 0 radical (unpaired) electrons. The van der Waals surface area contributed by atoms with Crippen molar-refractivity contribution in [2.45, 2.75) is 26.8 Å². The maximum Gasteiger partial charge on any atom is 0.255 e. The molecule has 2 aromatic rings. The van der Waals surface area contributed by atoms with Gasteiger partial charge in [-0.15, -0.1) is 0 Å². The molecule has 1 atom stereocenters. The second kappa shape index (κ2) is 8.93. The molecule has 0 saturated carbocycles. The smallest absolute Gasteiger partial charge is 0.255 e. The van der Waals surface area contributed by atoms with E-state index < -0.39 is 11.9 Å². The van der Waals surface area contributed by atoms with Crippen molar-refractivity contribution < 1.29 is 19.1 Å². The van der Waals surface area contributed by atoms with E-state index in [4.69, 9.17) is 15.2 Å². The molecular formula is C20H25N3O4. The summed E-state index contributed by atoms with van der Waals surface area (Å²) in [5.41, 5.74) is 8.59. The molecule has 0 saturated heterocycles. The van der Waals surface area contributed by atoms with Crippen LogP contribution in [0.5, 0.6) is 11.5 Å². The highest BCUT2D eigenvalue weighted by molar-refractivity contribution is 5.97. The molecule has 0 heterocycles. The summed E-state index contributed by atoms with van der Waals surface area (Å²) in [5, 5.41) is 6.07. The number of nitrogens with two attached hydrogens (primary N) is 1. The number of primary amides is 1. The number of nitrogens with one attached hydrogen (secondary N) is 2. The predicted octanol–water partition coefficient (Wildman–Crippen LogP) is 2.62. The predicted molar refractivity (Wildman–Crippen MR) is 105 cm³/mol. The maximum atomic E-state index is 12.6. The summed E-state index contributed by atoms with van der Waals surface area (Å²) >= 11 is 0. The van der Waals surface area contributed by atoms with Gasteiger partial charge in [-0.2, -0.15) is 0 Å². The lowest BCUT2D eigenvalue weighted by Gasteiger charge is -2.18. The Kier molecular flexibility index (Phi) is 6.65. The van der Waals surface area contributed by atoms with Crippen molar-refractivity contribution in [1.82, 2.24) is 0 Å². The van der Waals surface area contributed by atoms with E-state index in [1.807, 2.05) is 32.0 Å². The number of ether oxygens (including phenoxy) is 2. The Morgan fingerprint density at radius 1 is 1.11 bits per heavy atom. The fraction of sp³-hybridized carbons (Fsp3) is 0.300. The van der Waals surface area contributed by atoms with E-state index in [1.54, 1.807) is 25.1 Å². The lowest BCUT2D eigenvalue weighted by molar-refractivity contribution is -0.120. The molecule has 27 heavy (non-hydrogen) atoms. The first-order chi connectivity index (χ1) is 12.8. The average Bonchev–Trinajstić information content (AvgIpc) is 2.63. The standard InChI is InChI=1S/C20H25N3O4/c1-12-6-5-7-13(2)19(12)23-20(25)14(3)22-15-8-9-16(26-4)17(10-15)27-11-18(21)24/h5-10,14,22H,11H2,1-4H3,(H2,21,24)(H,23,25). The lowest BCUT2D eigenvalue weighted by atomic mass is 10.1. The van der Waals surface area contributed by atoms with Crippen LogP contribution in [0.15, 0.2) is 36.4 Å². The van der Waals surface area contributed by atoms with E-state index in [0.29, 0.717) is 17.2 Å². The number of aryl methyl sites for hydroxylation is 2. The number of carbonyl (C=O) groups excluding carboxylic acids is 2. The molecule has 4 N–H and O–H groups in total. The van der Waals surface area contributed by atoms with Crippen molar-refractivity contribution in [3.8, 4) is 11.5 Å². The summed E-state index contributed by atoms with van der Waals surface area (Å²) in [6, 6.07) is 10.5. The summed E-state index contributed by atoms with van der Waals surface area (Å²) in [4.78, 5) is 23.5. The molecule has 0 spiro atoms. The third-order valence-electron chi connectivity index (χ3n) is 4.04. The highest BCUT2D eigenvalue weighted by Gasteiger charge is 2.16. The van der Waals surface area contributed by atoms with Crippen LogP contribution in [0, 0.1) is 13.8 Å². The van der Waals surface area contributed by atoms with Crippen molar-refractivity contribution in [3.63, 3.8) is 0 Å². The molecule has 0 aliphatic rings. The van der Waals surface area contributed by atoms with Crippen LogP contribution >= 0.6 is 0 Å². The Morgan fingerprint density at radius 3 is 2.37 bits per heavy atom. The maximum absolute atomic E-state index is 12.6. The van der Waals surface area contributed by atoms with Crippen molar-refractivity contribution in [2.75, 3.05) is 24.4 Å². The molecule has 0 fully saturated rings. The van der Waals surface area contributed by atoms with E-state index >= 15 is 0 Å². The van der Waals surface area contributed by atoms with E-state index in [9.17, 15) is 9.59 Å². The quantitative estimate of drug-likeness (QED) is 0.662. The number of hydrogen-bond acceptors (Lipinski definition) is 5. The lowest BCUT2D eigenvalue weighted by Crippen LogP contribution is -2.32. The van der Waals surface area contributed by atoms with Gasteiger partial charge >= 0.3 is 0 Å². The molecule has 7 nitrogen and oxygen atoms in total. The second-order valence-electron chi connectivity index (χ2n) is 6.24. The molecule has 2 aromatic carbocycles. The Bertz CT molecular complexity index is 816. The van der Waals surface area contributed by atoms with Gasteiger partial charge in [-0.3, -0.25) is 9.59 Å². The van der Waals surface area contributed by atoms with Gasteiger partial charge in [0.1, 0.15) is 6.04 Å².